The van der Waals surface area contributed by atoms with Gasteiger partial charge >= 0.3 is 0 Å². The lowest BCUT2D eigenvalue weighted by atomic mass is 9.87. The number of rotatable bonds is 5. The molecule has 1 N–H and O–H groups in total. The molecule has 0 aliphatic rings. The second-order valence-corrected chi connectivity index (χ2v) is 11.7. The van der Waals surface area contributed by atoms with Gasteiger partial charge in [0, 0.05) is 6.07 Å². The van der Waals surface area contributed by atoms with Crippen LogP contribution in [0.25, 0.3) is 0 Å². The molecule has 3 rings (SSSR count). The average molecular weight is 431 g/mol. The third-order valence-corrected chi connectivity index (χ3v) is 7.27. The van der Waals surface area contributed by atoms with Crippen molar-refractivity contribution < 1.29 is 12.8 Å². The van der Waals surface area contributed by atoms with Crippen molar-refractivity contribution in [1.29, 1.82) is 0 Å². The highest BCUT2D eigenvalue weighted by atomic mass is 32.2. The first-order valence-electron chi connectivity index (χ1n) is 9.22. The topological polar surface area (TPSA) is 46.2 Å². The van der Waals surface area contributed by atoms with Gasteiger partial charge in [-0.3, -0.25) is 4.72 Å². The highest BCUT2D eigenvalue weighted by Crippen LogP contribution is 2.37. The van der Waals surface area contributed by atoms with Gasteiger partial charge in [-0.25, -0.2) is 12.8 Å². The summed E-state index contributed by atoms with van der Waals surface area (Å²) in [6.45, 7) is 6.48. The molecule has 0 saturated carbocycles. The van der Waals surface area contributed by atoms with E-state index in [-0.39, 0.29) is 11.1 Å². The van der Waals surface area contributed by atoms with Crippen LogP contribution in [0.5, 0.6) is 0 Å². The van der Waals surface area contributed by atoms with Gasteiger partial charge in [0.2, 0.25) is 10.0 Å². The summed E-state index contributed by atoms with van der Waals surface area (Å²) >= 11 is 0. The van der Waals surface area contributed by atoms with Gasteiger partial charge in [0.15, 0.2) is 14.7 Å². The summed E-state index contributed by atoms with van der Waals surface area (Å²) in [5.74, 6) is -0.486. The zero-order valence-electron chi connectivity index (χ0n) is 16.9. The Hall–Kier alpha value is -2.31. The highest BCUT2D eigenvalue weighted by molar-refractivity contribution is 7.97. The Bertz CT molecular complexity index is 1090. The van der Waals surface area contributed by atoms with Crippen LogP contribution in [0.4, 0.5) is 10.1 Å². The number of benzene rings is 3. The number of hydrogen-bond donors (Lipinski definition) is 1. The molecule has 3 aromatic rings. The number of nitrogens with one attached hydrogen (secondary N) is 1. The van der Waals surface area contributed by atoms with Crippen molar-refractivity contribution in [2.45, 2.75) is 40.9 Å². The van der Waals surface area contributed by atoms with E-state index in [0.717, 1.165) is 20.9 Å². The molecular formula is C23H25FNO2S2+. The monoisotopic (exact) mass is 430 g/mol. The van der Waals surface area contributed by atoms with Crippen LogP contribution in [0.1, 0.15) is 26.3 Å². The molecule has 0 spiro atoms. The van der Waals surface area contributed by atoms with Crippen molar-refractivity contribution in [3.63, 3.8) is 0 Å². The highest BCUT2D eigenvalue weighted by Gasteiger charge is 2.32. The molecule has 3 aromatic carbocycles. The zero-order valence-corrected chi connectivity index (χ0v) is 18.6. The molecule has 0 aliphatic carbocycles. The van der Waals surface area contributed by atoms with Crippen molar-refractivity contribution in [3.8, 4) is 0 Å². The van der Waals surface area contributed by atoms with Gasteiger partial charge in [-0.1, -0.05) is 51.1 Å². The van der Waals surface area contributed by atoms with E-state index < -0.39 is 26.7 Å². The molecule has 0 aromatic heterocycles. The predicted molar refractivity (Wildman–Crippen MR) is 119 cm³/mol. The van der Waals surface area contributed by atoms with Gasteiger partial charge in [0.25, 0.3) is 0 Å². The fourth-order valence-electron chi connectivity index (χ4n) is 3.00. The van der Waals surface area contributed by atoms with Crippen molar-refractivity contribution in [3.05, 3.63) is 84.2 Å². The molecule has 1 unspecified atom stereocenters. The number of halogens is 1. The minimum absolute atomic E-state index is 0.0305. The second-order valence-electron chi connectivity index (χ2n) is 7.91. The number of anilines is 1. The largest absolute Gasteiger partial charge is 0.279 e. The van der Waals surface area contributed by atoms with Crippen LogP contribution in [0.3, 0.4) is 0 Å². The second kappa shape index (κ2) is 8.20. The molecule has 0 heterocycles. The zero-order chi connectivity index (χ0) is 21.2. The van der Waals surface area contributed by atoms with Gasteiger partial charge < -0.3 is 0 Å². The minimum atomic E-state index is -3.55. The summed E-state index contributed by atoms with van der Waals surface area (Å²) in [6, 6.07) is 22.5. The Morgan fingerprint density at radius 3 is 2.00 bits per heavy atom. The summed E-state index contributed by atoms with van der Waals surface area (Å²) in [5, 5.41) is 0. The van der Waals surface area contributed by atoms with E-state index in [1.54, 1.807) is 6.07 Å². The first-order valence-corrected chi connectivity index (χ1v) is 12.3. The quantitative estimate of drug-likeness (QED) is 0.536. The Morgan fingerprint density at radius 2 is 1.45 bits per heavy atom. The van der Waals surface area contributed by atoms with Gasteiger partial charge in [-0.05, 0) is 47.4 Å². The third kappa shape index (κ3) is 5.40. The number of hydrogen-bond acceptors (Lipinski definition) is 2. The van der Waals surface area contributed by atoms with E-state index in [2.05, 4.69) is 49.8 Å². The maximum Gasteiger partial charge on any atom is 0.229 e. The van der Waals surface area contributed by atoms with E-state index in [1.807, 2.05) is 30.3 Å². The van der Waals surface area contributed by atoms with E-state index in [9.17, 15) is 12.8 Å². The van der Waals surface area contributed by atoms with Crippen molar-refractivity contribution >= 4 is 26.6 Å². The summed E-state index contributed by atoms with van der Waals surface area (Å²) in [7, 11) is -4.15. The molecule has 0 radical (unpaired) electrons. The molecular weight excluding hydrogens is 405 g/mol. The van der Waals surface area contributed by atoms with E-state index in [0.29, 0.717) is 0 Å². The van der Waals surface area contributed by atoms with Crippen LogP contribution < -0.4 is 4.72 Å². The van der Waals surface area contributed by atoms with Crippen LogP contribution in [0.15, 0.2) is 87.5 Å². The summed E-state index contributed by atoms with van der Waals surface area (Å²) in [5.41, 5.74) is 1.51. The molecule has 6 heteroatoms. The maximum atomic E-state index is 13.9. The van der Waals surface area contributed by atoms with Crippen LogP contribution >= 0.6 is 0 Å². The Balaban J connectivity index is 2.18. The van der Waals surface area contributed by atoms with Crippen LogP contribution in [0, 0.1) is 5.82 Å². The summed E-state index contributed by atoms with van der Waals surface area (Å²) < 4.78 is 40.2. The fraction of sp³-hybridized carbons (Fsp3) is 0.217. The van der Waals surface area contributed by atoms with Crippen molar-refractivity contribution in [1.82, 2.24) is 0 Å². The number of sulfonamides is 1. The van der Waals surface area contributed by atoms with Gasteiger partial charge in [-0.2, -0.15) is 0 Å². The molecule has 0 bridgehead atoms. The molecule has 0 saturated heterocycles. The molecule has 29 heavy (non-hydrogen) atoms. The van der Waals surface area contributed by atoms with Crippen molar-refractivity contribution in [2.24, 2.45) is 0 Å². The Labute approximate surface area is 175 Å². The molecule has 152 valence electrons. The van der Waals surface area contributed by atoms with E-state index in [1.165, 1.54) is 17.7 Å². The van der Waals surface area contributed by atoms with E-state index in [4.69, 9.17) is 0 Å². The molecule has 1 atom stereocenters. The molecule has 3 nitrogen and oxygen atoms in total. The lowest BCUT2D eigenvalue weighted by Gasteiger charge is -2.19. The van der Waals surface area contributed by atoms with Gasteiger partial charge in [-0.15, -0.1) is 0 Å². The first kappa shape index (κ1) is 21.4. The standard InChI is InChI=1S/C23H25FNO2S2/c1-23(2,3)17-10-13-20(14-11-17)28(19-8-6-5-7-9-19)22-15-12-18(24)16-21(22)25-29(4,26)27/h5-16,25H,1-4H3/q+1. The Morgan fingerprint density at radius 1 is 0.862 bits per heavy atom. The van der Waals surface area contributed by atoms with Crippen molar-refractivity contribution in [2.75, 3.05) is 11.0 Å². The third-order valence-electron chi connectivity index (χ3n) is 4.39. The minimum Gasteiger partial charge on any atom is -0.279 e. The maximum absolute atomic E-state index is 13.9. The SMILES string of the molecule is CC(C)(C)c1ccc([S+](c2ccccc2)c2ccc(F)cc2NS(C)(=O)=O)cc1. The lowest BCUT2D eigenvalue weighted by Crippen LogP contribution is -2.15. The van der Waals surface area contributed by atoms with Crippen LogP contribution in [-0.2, 0) is 26.3 Å². The van der Waals surface area contributed by atoms with Crippen LogP contribution in [-0.4, -0.2) is 14.7 Å². The smallest absolute Gasteiger partial charge is 0.229 e. The molecule has 0 fully saturated rings. The van der Waals surface area contributed by atoms with Gasteiger partial charge in [0.05, 0.1) is 6.26 Å². The van der Waals surface area contributed by atoms with Crippen LogP contribution in [0.2, 0.25) is 0 Å². The summed E-state index contributed by atoms with van der Waals surface area (Å²) in [6.07, 6.45) is 1.07. The van der Waals surface area contributed by atoms with Gasteiger partial charge in [0.1, 0.15) is 22.4 Å². The normalized spacial score (nSPS) is 13.1. The molecule has 0 amide bonds. The van der Waals surface area contributed by atoms with E-state index >= 15 is 0 Å². The fourth-order valence-corrected chi connectivity index (χ4v) is 5.78. The Kier molecular flexibility index (Phi) is 6.05. The summed E-state index contributed by atoms with van der Waals surface area (Å²) in [4.78, 5) is 2.79. The average Bonchev–Trinajstić information content (AvgIpc) is 2.63. The predicted octanol–water partition coefficient (Wildman–Crippen LogP) is 5.59. The molecule has 0 aliphatic heterocycles. The first-order chi connectivity index (χ1) is 13.5. The lowest BCUT2D eigenvalue weighted by molar-refractivity contribution is 0.589.